The molecule has 6 heteroatoms. The van der Waals surface area contributed by atoms with Crippen molar-refractivity contribution >= 4 is 34.9 Å². The second kappa shape index (κ2) is 7.16. The normalized spacial score (nSPS) is 15.3. The van der Waals surface area contributed by atoms with Crippen LogP contribution in [0.3, 0.4) is 0 Å². The Labute approximate surface area is 128 Å². The van der Waals surface area contributed by atoms with Crippen molar-refractivity contribution in [3.63, 3.8) is 0 Å². The van der Waals surface area contributed by atoms with E-state index in [1.165, 1.54) is 0 Å². The Morgan fingerprint density at radius 3 is 2.70 bits per heavy atom. The topological polar surface area (TPSA) is 52.6 Å². The standard InChI is InChI=1S/C14H18Cl2N2O2/c15-10-5-6-12(16)13(9-10)17-14(20)18(7-8-19)11-3-1-2-4-11/h5-6,9,11,19H,1-4,7-8H2,(H,17,20). The van der Waals surface area contributed by atoms with E-state index in [1.807, 2.05) is 0 Å². The van der Waals surface area contributed by atoms with Gasteiger partial charge in [-0.05, 0) is 31.0 Å². The van der Waals surface area contributed by atoms with Crippen LogP contribution < -0.4 is 5.32 Å². The Kier molecular flexibility index (Phi) is 5.52. The minimum absolute atomic E-state index is 0.0484. The first-order chi connectivity index (χ1) is 9.61. The molecule has 0 radical (unpaired) electrons. The molecule has 0 bridgehead atoms. The maximum Gasteiger partial charge on any atom is 0.322 e. The molecule has 2 rings (SSSR count). The fraction of sp³-hybridized carbons (Fsp3) is 0.500. The van der Waals surface area contributed by atoms with Gasteiger partial charge in [0.05, 0.1) is 17.3 Å². The Morgan fingerprint density at radius 2 is 2.05 bits per heavy atom. The molecule has 0 aromatic heterocycles. The van der Waals surface area contributed by atoms with E-state index in [0.29, 0.717) is 22.3 Å². The molecule has 0 atom stereocenters. The number of nitrogens with zero attached hydrogens (tertiary/aromatic N) is 1. The third-order valence-electron chi connectivity index (χ3n) is 3.54. The molecular weight excluding hydrogens is 299 g/mol. The van der Waals surface area contributed by atoms with Crippen molar-refractivity contribution in [3.05, 3.63) is 28.2 Å². The van der Waals surface area contributed by atoms with Crippen LogP contribution in [0.1, 0.15) is 25.7 Å². The summed E-state index contributed by atoms with van der Waals surface area (Å²) in [4.78, 5) is 14.0. The minimum Gasteiger partial charge on any atom is -0.395 e. The number of amides is 2. The van der Waals surface area contributed by atoms with Crippen molar-refractivity contribution in [1.29, 1.82) is 0 Å². The molecular formula is C14H18Cl2N2O2. The molecule has 1 fully saturated rings. The van der Waals surface area contributed by atoms with Crippen LogP contribution in [0.4, 0.5) is 10.5 Å². The van der Waals surface area contributed by atoms with Gasteiger partial charge in [-0.15, -0.1) is 0 Å². The van der Waals surface area contributed by atoms with Gasteiger partial charge < -0.3 is 15.3 Å². The lowest BCUT2D eigenvalue weighted by molar-refractivity contribution is 0.163. The minimum atomic E-state index is -0.241. The van der Waals surface area contributed by atoms with E-state index < -0.39 is 0 Å². The quantitative estimate of drug-likeness (QED) is 0.888. The lowest BCUT2D eigenvalue weighted by atomic mass is 10.2. The van der Waals surface area contributed by atoms with Gasteiger partial charge in [-0.25, -0.2) is 4.79 Å². The zero-order chi connectivity index (χ0) is 14.5. The van der Waals surface area contributed by atoms with Crippen molar-refractivity contribution < 1.29 is 9.90 Å². The molecule has 1 saturated carbocycles. The lowest BCUT2D eigenvalue weighted by Gasteiger charge is -2.28. The van der Waals surface area contributed by atoms with Crippen molar-refractivity contribution in [2.45, 2.75) is 31.7 Å². The van der Waals surface area contributed by atoms with Crippen LogP contribution >= 0.6 is 23.2 Å². The number of hydrogen-bond acceptors (Lipinski definition) is 2. The summed E-state index contributed by atoms with van der Waals surface area (Å²) in [6.45, 7) is 0.280. The molecule has 1 aliphatic carbocycles. The van der Waals surface area contributed by atoms with Gasteiger partial charge in [0.2, 0.25) is 0 Å². The van der Waals surface area contributed by atoms with Gasteiger partial charge >= 0.3 is 6.03 Å². The first-order valence-corrected chi connectivity index (χ1v) is 7.51. The summed E-state index contributed by atoms with van der Waals surface area (Å²) in [5.74, 6) is 0. The highest BCUT2D eigenvalue weighted by Gasteiger charge is 2.26. The lowest BCUT2D eigenvalue weighted by Crippen LogP contribution is -2.43. The molecule has 0 heterocycles. The fourth-order valence-corrected chi connectivity index (χ4v) is 2.89. The maximum absolute atomic E-state index is 12.4. The van der Waals surface area contributed by atoms with Crippen LogP contribution in [0.5, 0.6) is 0 Å². The van der Waals surface area contributed by atoms with Crippen molar-refractivity contribution in [1.82, 2.24) is 4.90 Å². The molecule has 4 nitrogen and oxygen atoms in total. The van der Waals surface area contributed by atoms with E-state index in [0.717, 1.165) is 25.7 Å². The Morgan fingerprint density at radius 1 is 1.35 bits per heavy atom. The first-order valence-electron chi connectivity index (χ1n) is 6.75. The highest BCUT2D eigenvalue weighted by molar-refractivity contribution is 6.35. The number of halogens is 2. The van der Waals surface area contributed by atoms with Gasteiger partial charge in [0.15, 0.2) is 0 Å². The number of carbonyl (C=O) groups excluding carboxylic acids is 1. The second-order valence-electron chi connectivity index (χ2n) is 4.91. The average molecular weight is 317 g/mol. The van der Waals surface area contributed by atoms with E-state index in [2.05, 4.69) is 5.32 Å². The van der Waals surface area contributed by atoms with Gasteiger partial charge in [-0.2, -0.15) is 0 Å². The summed E-state index contributed by atoms with van der Waals surface area (Å²) >= 11 is 11.9. The van der Waals surface area contributed by atoms with Crippen LogP contribution in [-0.4, -0.2) is 35.2 Å². The number of nitrogens with one attached hydrogen (secondary N) is 1. The zero-order valence-electron chi connectivity index (χ0n) is 11.1. The van der Waals surface area contributed by atoms with Crippen molar-refractivity contribution in [2.24, 2.45) is 0 Å². The van der Waals surface area contributed by atoms with E-state index in [1.54, 1.807) is 23.1 Å². The Balaban J connectivity index is 2.09. The van der Waals surface area contributed by atoms with Crippen molar-refractivity contribution in [3.8, 4) is 0 Å². The van der Waals surface area contributed by atoms with Crippen LogP contribution in [0, 0.1) is 0 Å². The summed E-state index contributed by atoms with van der Waals surface area (Å²) in [7, 11) is 0. The predicted octanol–water partition coefficient (Wildman–Crippen LogP) is 3.76. The molecule has 2 N–H and O–H groups in total. The van der Waals surface area contributed by atoms with Gasteiger partial charge in [0.25, 0.3) is 0 Å². The second-order valence-corrected chi connectivity index (χ2v) is 5.75. The molecule has 0 spiro atoms. The molecule has 20 heavy (non-hydrogen) atoms. The largest absolute Gasteiger partial charge is 0.395 e. The fourth-order valence-electron chi connectivity index (χ4n) is 2.55. The van der Waals surface area contributed by atoms with E-state index in [9.17, 15) is 4.79 Å². The summed E-state index contributed by atoms with van der Waals surface area (Å²) < 4.78 is 0. The molecule has 110 valence electrons. The summed E-state index contributed by atoms with van der Waals surface area (Å²) in [6.07, 6.45) is 4.21. The molecule has 1 aliphatic rings. The number of anilines is 1. The number of aliphatic hydroxyl groups is 1. The van der Waals surface area contributed by atoms with Gasteiger partial charge in [0, 0.05) is 17.6 Å². The van der Waals surface area contributed by atoms with E-state index >= 15 is 0 Å². The number of aliphatic hydroxyl groups excluding tert-OH is 1. The van der Waals surface area contributed by atoms with Crippen LogP contribution in [-0.2, 0) is 0 Å². The van der Waals surface area contributed by atoms with Gasteiger partial charge in [-0.3, -0.25) is 0 Å². The van der Waals surface area contributed by atoms with E-state index in [4.69, 9.17) is 28.3 Å². The molecule has 0 saturated heterocycles. The number of carbonyl (C=O) groups is 1. The predicted molar refractivity (Wildman–Crippen MR) is 81.5 cm³/mol. The molecule has 1 aromatic rings. The number of hydrogen-bond donors (Lipinski definition) is 2. The van der Waals surface area contributed by atoms with E-state index in [-0.39, 0.29) is 18.7 Å². The summed E-state index contributed by atoms with van der Waals surface area (Å²) in [5.41, 5.74) is 0.491. The first kappa shape index (κ1) is 15.4. The highest BCUT2D eigenvalue weighted by Crippen LogP contribution is 2.27. The van der Waals surface area contributed by atoms with Crippen LogP contribution in [0.25, 0.3) is 0 Å². The van der Waals surface area contributed by atoms with Crippen LogP contribution in [0.15, 0.2) is 18.2 Å². The number of benzene rings is 1. The third kappa shape index (κ3) is 3.78. The smallest absolute Gasteiger partial charge is 0.322 e. The Bertz CT molecular complexity index is 476. The number of rotatable bonds is 4. The molecule has 2 amide bonds. The van der Waals surface area contributed by atoms with Gasteiger partial charge in [-0.1, -0.05) is 36.0 Å². The monoisotopic (exact) mass is 316 g/mol. The number of urea groups is 1. The Hall–Kier alpha value is -0.970. The van der Waals surface area contributed by atoms with Gasteiger partial charge in [0.1, 0.15) is 0 Å². The average Bonchev–Trinajstić information content (AvgIpc) is 2.93. The van der Waals surface area contributed by atoms with Crippen LogP contribution in [0.2, 0.25) is 10.0 Å². The summed E-state index contributed by atoms with van der Waals surface area (Å²) in [5, 5.41) is 12.9. The highest BCUT2D eigenvalue weighted by atomic mass is 35.5. The molecule has 0 unspecified atom stereocenters. The third-order valence-corrected chi connectivity index (χ3v) is 4.10. The SMILES string of the molecule is O=C(Nc1cc(Cl)ccc1Cl)N(CCO)C1CCCC1. The molecule has 1 aromatic carbocycles. The maximum atomic E-state index is 12.4. The molecule has 0 aliphatic heterocycles. The zero-order valence-corrected chi connectivity index (χ0v) is 12.6. The van der Waals surface area contributed by atoms with Crippen molar-refractivity contribution in [2.75, 3.05) is 18.5 Å². The summed E-state index contributed by atoms with van der Waals surface area (Å²) in [6, 6.07) is 4.89.